The van der Waals surface area contributed by atoms with E-state index < -0.39 is 0 Å². The van der Waals surface area contributed by atoms with Crippen molar-refractivity contribution in [2.24, 2.45) is 0 Å². The molecule has 2 N–H and O–H groups in total. The van der Waals surface area contributed by atoms with Gasteiger partial charge in [0.15, 0.2) is 0 Å². The summed E-state index contributed by atoms with van der Waals surface area (Å²) in [5.41, 5.74) is 26.3. The third-order valence-electron chi connectivity index (χ3n) is 12.3. The minimum absolute atomic E-state index is 0.624. The van der Waals surface area contributed by atoms with Crippen molar-refractivity contribution in [2.45, 2.75) is 80.6 Å². The van der Waals surface area contributed by atoms with Crippen LogP contribution in [-0.2, 0) is 12.8 Å². The van der Waals surface area contributed by atoms with Crippen LogP contribution in [0, 0.1) is 20.8 Å². The summed E-state index contributed by atoms with van der Waals surface area (Å²) in [6.07, 6.45) is 9.69. The Hall–Kier alpha value is -6.78. The Morgan fingerprint density at radius 3 is 1.79 bits per heavy atom. The summed E-state index contributed by atoms with van der Waals surface area (Å²) in [4.78, 5) is 0. The summed E-state index contributed by atoms with van der Waals surface area (Å²) in [7, 11) is 0. The number of hydrogen-bond donors (Lipinski definition) is 1. The van der Waals surface area contributed by atoms with Crippen molar-refractivity contribution in [1.29, 1.82) is 0 Å². The van der Waals surface area contributed by atoms with Crippen LogP contribution in [0.5, 0.6) is 5.75 Å². The predicted octanol–water partition coefficient (Wildman–Crippen LogP) is 16.0. The quantitative estimate of drug-likeness (QED) is 0.110. The third kappa shape index (κ3) is 8.07. The van der Waals surface area contributed by atoms with Gasteiger partial charge in [-0.05, 0) is 129 Å². The third-order valence-corrected chi connectivity index (χ3v) is 12.3. The highest BCUT2D eigenvalue weighted by atomic mass is 16.5. The van der Waals surface area contributed by atoms with Crippen LogP contribution in [0.4, 0.5) is 5.69 Å². The lowest BCUT2D eigenvalue weighted by Crippen LogP contribution is -2.06. The van der Waals surface area contributed by atoms with Crippen LogP contribution in [0.3, 0.4) is 0 Å². The number of aromatic nitrogens is 2. The first-order chi connectivity index (χ1) is 31.0. The highest BCUT2D eigenvalue weighted by Crippen LogP contribution is 2.42. The summed E-state index contributed by atoms with van der Waals surface area (Å²) >= 11 is 0. The molecule has 2 heterocycles. The van der Waals surface area contributed by atoms with Crippen molar-refractivity contribution < 1.29 is 4.74 Å². The van der Waals surface area contributed by atoms with Gasteiger partial charge in [-0.1, -0.05) is 143 Å². The monoisotopic (exact) mass is 827 g/mol. The first-order valence-electron chi connectivity index (χ1n) is 23.1. The first kappa shape index (κ1) is 42.9. The predicted molar refractivity (Wildman–Crippen MR) is 272 cm³/mol. The van der Waals surface area contributed by atoms with Gasteiger partial charge in [0.05, 0.1) is 34.5 Å². The maximum atomic E-state index is 7.16. The molecule has 0 atom stereocenters. The Balaban J connectivity index is 0.00000132. The van der Waals surface area contributed by atoms with Gasteiger partial charge in [0.2, 0.25) is 0 Å². The number of aryl methyl sites for hydroxylation is 3. The summed E-state index contributed by atoms with van der Waals surface area (Å²) in [6.45, 7) is 15.3. The van der Waals surface area contributed by atoms with Crippen LogP contribution in [0.25, 0.3) is 72.4 Å². The van der Waals surface area contributed by atoms with Crippen LogP contribution in [-0.4, -0.2) is 15.7 Å². The number of ether oxygens (including phenoxy) is 1. The lowest BCUT2D eigenvalue weighted by Gasteiger charge is -2.20. The van der Waals surface area contributed by atoms with Crippen LogP contribution in [0.15, 0.2) is 152 Å². The molecule has 10 rings (SSSR count). The minimum atomic E-state index is 0.624. The summed E-state index contributed by atoms with van der Waals surface area (Å²) in [6, 6.07) is 52.5. The number of rotatable bonds is 10. The lowest BCUT2D eigenvalue weighted by atomic mass is 9.91. The molecule has 0 amide bonds. The molecule has 2 aromatic heterocycles. The number of para-hydroxylation sites is 4. The number of benzene rings is 7. The van der Waals surface area contributed by atoms with Crippen molar-refractivity contribution in [1.82, 2.24) is 9.13 Å². The Bertz CT molecular complexity index is 3030. The number of unbranched alkanes of at least 4 members (excludes halogenated alkanes) is 1. The number of nitrogens with two attached hydrogens (primary N) is 1. The van der Waals surface area contributed by atoms with E-state index in [4.69, 9.17) is 10.5 Å². The average molecular weight is 828 g/mol. The van der Waals surface area contributed by atoms with Gasteiger partial charge >= 0.3 is 0 Å². The number of allylic oxidation sites excluding steroid dienone is 1. The van der Waals surface area contributed by atoms with E-state index in [1.165, 1.54) is 66.4 Å². The van der Waals surface area contributed by atoms with Gasteiger partial charge in [0.1, 0.15) is 5.75 Å². The molecule has 4 heteroatoms. The minimum Gasteiger partial charge on any atom is -0.493 e. The zero-order valence-corrected chi connectivity index (χ0v) is 38.1. The van der Waals surface area contributed by atoms with E-state index in [9.17, 15) is 0 Å². The zero-order chi connectivity index (χ0) is 44.0. The molecule has 0 saturated heterocycles. The van der Waals surface area contributed by atoms with E-state index in [-0.39, 0.29) is 0 Å². The number of anilines is 1. The molecule has 0 saturated carbocycles. The zero-order valence-electron chi connectivity index (χ0n) is 38.1. The fraction of sp³-hybridized carbons (Fsp3) is 0.220. The van der Waals surface area contributed by atoms with E-state index in [1.807, 2.05) is 27.7 Å². The number of hydrogen-bond acceptors (Lipinski definition) is 2. The fourth-order valence-corrected chi connectivity index (χ4v) is 9.58. The van der Waals surface area contributed by atoms with Gasteiger partial charge in [-0.3, -0.25) is 0 Å². The molecular weight excluding hydrogens is 767 g/mol. The Labute approximate surface area is 374 Å². The molecule has 1 aliphatic carbocycles. The maximum absolute atomic E-state index is 7.16. The molecule has 0 aliphatic heterocycles. The van der Waals surface area contributed by atoms with Gasteiger partial charge in [0, 0.05) is 44.2 Å². The molecule has 0 fully saturated rings. The molecule has 9 aromatic rings. The molecule has 0 radical (unpaired) electrons. The van der Waals surface area contributed by atoms with Gasteiger partial charge in [-0.25, -0.2) is 0 Å². The standard InChI is InChI=1S/C55H49N3O.2C2H6/c1-36-32-46(38(3)52(34-36)57-48-26-11-6-21-41(48)42-22-7-12-27-49(42)57)40-20-5-4-18-39(40)19-16-17-31-59-54-30-15-10-25-45(54)47-33-37(2)35-53(55(47)56)58-50-28-13-8-23-43(50)44-24-9-14-29-51(44)58;2*1-2/h4-11,13-15,18,20-26,28-30,32-35H,12,16-17,19,27,31,56H2,1-3H3;2*1-2H3. The molecule has 4 nitrogen and oxygen atoms in total. The van der Waals surface area contributed by atoms with Crippen molar-refractivity contribution in [3.05, 3.63) is 185 Å². The van der Waals surface area contributed by atoms with Gasteiger partial charge < -0.3 is 19.6 Å². The normalized spacial score (nSPS) is 11.9. The van der Waals surface area contributed by atoms with E-state index in [1.54, 1.807) is 0 Å². The highest BCUT2D eigenvalue weighted by Gasteiger charge is 2.22. The Morgan fingerprint density at radius 2 is 1.10 bits per heavy atom. The van der Waals surface area contributed by atoms with Crippen LogP contribution < -0.4 is 10.5 Å². The van der Waals surface area contributed by atoms with Crippen molar-refractivity contribution in [3.8, 4) is 39.4 Å². The van der Waals surface area contributed by atoms with Gasteiger partial charge in [-0.15, -0.1) is 0 Å². The largest absolute Gasteiger partial charge is 0.493 e. The van der Waals surface area contributed by atoms with Crippen LogP contribution >= 0.6 is 0 Å². The van der Waals surface area contributed by atoms with Crippen LogP contribution in [0.2, 0.25) is 0 Å². The summed E-state index contributed by atoms with van der Waals surface area (Å²) in [5, 5.41) is 3.77. The van der Waals surface area contributed by atoms with Crippen LogP contribution in [0.1, 0.15) is 80.5 Å². The van der Waals surface area contributed by atoms with Crippen molar-refractivity contribution >= 4 is 44.5 Å². The van der Waals surface area contributed by atoms with E-state index in [0.29, 0.717) is 6.61 Å². The lowest BCUT2D eigenvalue weighted by molar-refractivity contribution is 0.308. The molecule has 318 valence electrons. The van der Waals surface area contributed by atoms with Gasteiger partial charge in [-0.2, -0.15) is 0 Å². The molecule has 0 spiro atoms. The summed E-state index contributed by atoms with van der Waals surface area (Å²) in [5.74, 6) is 0.858. The van der Waals surface area contributed by atoms with Gasteiger partial charge in [0.25, 0.3) is 0 Å². The Kier molecular flexibility index (Phi) is 13.0. The first-order valence-corrected chi connectivity index (χ1v) is 23.1. The second kappa shape index (κ2) is 19.1. The molecule has 1 aliphatic rings. The maximum Gasteiger partial charge on any atom is 0.127 e. The molecule has 7 aromatic carbocycles. The van der Waals surface area contributed by atoms with E-state index in [0.717, 1.165) is 77.0 Å². The topological polar surface area (TPSA) is 45.1 Å². The highest BCUT2D eigenvalue weighted by molar-refractivity contribution is 6.10. The fourth-order valence-electron chi connectivity index (χ4n) is 9.58. The molecule has 63 heavy (non-hydrogen) atoms. The SMILES string of the molecule is CC.CC.Cc1cc(-c2ccccc2CCCCOc2ccccc2-c2cc(C)cc(-n3c4ccccc4c4ccccc43)c2N)c(C)c(-n2c3c(c4ccccc42)C=CCC3)c1. The summed E-state index contributed by atoms with van der Waals surface area (Å²) < 4.78 is 11.5. The second-order valence-corrected chi connectivity index (χ2v) is 16.2. The Morgan fingerprint density at radius 1 is 0.540 bits per heavy atom. The number of fused-ring (bicyclic) bond motifs is 6. The molecular formula is C59H61N3O. The van der Waals surface area contributed by atoms with Crippen molar-refractivity contribution in [3.63, 3.8) is 0 Å². The average Bonchev–Trinajstić information content (AvgIpc) is 3.85. The second-order valence-electron chi connectivity index (χ2n) is 16.2. The van der Waals surface area contributed by atoms with E-state index >= 15 is 0 Å². The molecule has 0 bridgehead atoms. The number of nitrogen functional groups attached to an aromatic ring is 1. The molecule has 0 unspecified atom stereocenters. The smallest absolute Gasteiger partial charge is 0.127 e. The van der Waals surface area contributed by atoms with Crippen molar-refractivity contribution in [2.75, 3.05) is 12.3 Å². The number of nitrogens with zero attached hydrogens (tertiary/aromatic N) is 2. The van der Waals surface area contributed by atoms with E-state index in [2.05, 4.69) is 188 Å².